The second-order valence-corrected chi connectivity index (χ2v) is 1.43. The van der Waals surface area contributed by atoms with Crippen LogP contribution in [0.2, 0.25) is 0 Å². The van der Waals surface area contributed by atoms with Crippen LogP contribution < -0.4 is 5.73 Å². The molecule has 44 valence electrons. The second-order valence-electron chi connectivity index (χ2n) is 1.43. The third kappa shape index (κ3) is 3.08. The van der Waals surface area contributed by atoms with Crippen LogP contribution in [0.4, 0.5) is 0 Å². The maximum Gasteiger partial charge on any atom is 0.145 e. The Hall–Kier alpha value is -1.12. The van der Waals surface area contributed by atoms with Crippen molar-refractivity contribution in [2.45, 2.75) is 6.92 Å². The Labute approximate surface area is 48.4 Å². The monoisotopic (exact) mass is 111 g/mol. The van der Waals surface area contributed by atoms with E-state index in [1.54, 1.807) is 6.92 Å². The van der Waals surface area contributed by atoms with Gasteiger partial charge in [-0.05, 0) is 13.6 Å². The van der Waals surface area contributed by atoms with Crippen LogP contribution >= 0.6 is 0 Å². The summed E-state index contributed by atoms with van der Waals surface area (Å²) in [5, 5.41) is 6.88. The third-order valence-corrected chi connectivity index (χ3v) is 0.535. The van der Waals surface area contributed by atoms with Crippen molar-refractivity contribution in [1.29, 1.82) is 5.41 Å². The van der Waals surface area contributed by atoms with E-state index in [1.807, 2.05) is 0 Å². The van der Waals surface area contributed by atoms with Crippen molar-refractivity contribution in [2.24, 2.45) is 10.7 Å². The predicted octanol–water partition coefficient (Wildman–Crippen LogP) is 0.527. The van der Waals surface area contributed by atoms with Crippen LogP contribution in [0, 0.1) is 5.41 Å². The molecule has 0 aliphatic carbocycles. The molecule has 0 spiro atoms. The fourth-order valence-corrected chi connectivity index (χ4v) is 0.261. The Kier molecular flexibility index (Phi) is 2.54. The highest BCUT2D eigenvalue weighted by molar-refractivity contribution is 5.93. The van der Waals surface area contributed by atoms with E-state index >= 15 is 0 Å². The standard InChI is InChI=1S/C5H9N3/c1-4(6)3-5(7)8-2/h3,7H,2,6H2,1H3. The quantitative estimate of drug-likeness (QED) is 0.376. The summed E-state index contributed by atoms with van der Waals surface area (Å²) < 4.78 is 0. The largest absolute Gasteiger partial charge is 0.402 e. The maximum atomic E-state index is 6.88. The molecular weight excluding hydrogens is 102 g/mol. The highest BCUT2D eigenvalue weighted by Crippen LogP contribution is 1.81. The van der Waals surface area contributed by atoms with E-state index in [-0.39, 0.29) is 5.84 Å². The zero-order valence-electron chi connectivity index (χ0n) is 4.81. The number of allylic oxidation sites excluding steroid dienone is 1. The summed E-state index contributed by atoms with van der Waals surface area (Å²) in [4.78, 5) is 3.31. The lowest BCUT2D eigenvalue weighted by Crippen LogP contribution is -1.94. The average molecular weight is 111 g/mol. The topological polar surface area (TPSA) is 62.2 Å². The minimum absolute atomic E-state index is 0.102. The van der Waals surface area contributed by atoms with E-state index in [4.69, 9.17) is 11.1 Å². The summed E-state index contributed by atoms with van der Waals surface area (Å²) in [7, 11) is 0. The van der Waals surface area contributed by atoms with E-state index in [2.05, 4.69) is 11.7 Å². The first-order valence-corrected chi connectivity index (χ1v) is 2.16. The molecule has 0 atom stereocenters. The van der Waals surface area contributed by atoms with Gasteiger partial charge in [-0.3, -0.25) is 5.41 Å². The first-order chi connectivity index (χ1) is 3.66. The Bertz CT molecular complexity index is 131. The Morgan fingerprint density at radius 1 is 1.88 bits per heavy atom. The molecular formula is C5H9N3. The number of hydrogen-bond donors (Lipinski definition) is 2. The highest BCUT2D eigenvalue weighted by atomic mass is 14.8. The van der Waals surface area contributed by atoms with Gasteiger partial charge < -0.3 is 5.73 Å². The molecule has 0 unspecified atom stereocenters. The Balaban J connectivity index is 3.89. The molecule has 0 amide bonds. The van der Waals surface area contributed by atoms with Crippen molar-refractivity contribution >= 4 is 12.6 Å². The highest BCUT2D eigenvalue weighted by Gasteiger charge is 1.81. The molecule has 0 aliphatic heterocycles. The van der Waals surface area contributed by atoms with E-state index in [9.17, 15) is 0 Å². The summed E-state index contributed by atoms with van der Waals surface area (Å²) in [5.74, 6) is 0.102. The molecule has 3 heteroatoms. The van der Waals surface area contributed by atoms with Crippen LogP contribution in [0.15, 0.2) is 16.8 Å². The summed E-state index contributed by atoms with van der Waals surface area (Å²) in [5.41, 5.74) is 5.77. The number of nitrogens with zero attached hydrogens (tertiary/aromatic N) is 1. The molecule has 3 N–H and O–H groups in total. The summed E-state index contributed by atoms with van der Waals surface area (Å²) >= 11 is 0. The molecule has 0 aromatic rings. The van der Waals surface area contributed by atoms with Gasteiger partial charge in [0, 0.05) is 11.8 Å². The molecule has 0 fully saturated rings. The van der Waals surface area contributed by atoms with Crippen molar-refractivity contribution in [3.05, 3.63) is 11.8 Å². The molecule has 0 rings (SSSR count). The summed E-state index contributed by atoms with van der Waals surface area (Å²) in [6, 6.07) is 0. The van der Waals surface area contributed by atoms with Gasteiger partial charge in [-0.2, -0.15) is 0 Å². The fourth-order valence-electron chi connectivity index (χ4n) is 0.261. The zero-order chi connectivity index (χ0) is 6.57. The lowest BCUT2D eigenvalue weighted by Gasteiger charge is -1.86. The van der Waals surface area contributed by atoms with E-state index in [0.29, 0.717) is 5.70 Å². The van der Waals surface area contributed by atoms with Crippen molar-refractivity contribution in [1.82, 2.24) is 0 Å². The van der Waals surface area contributed by atoms with Gasteiger partial charge in [0.2, 0.25) is 0 Å². The number of nitrogens with one attached hydrogen (secondary N) is 1. The van der Waals surface area contributed by atoms with Gasteiger partial charge in [-0.1, -0.05) is 0 Å². The van der Waals surface area contributed by atoms with Crippen molar-refractivity contribution < 1.29 is 0 Å². The number of hydrogen-bond acceptors (Lipinski definition) is 2. The van der Waals surface area contributed by atoms with Crippen molar-refractivity contribution in [2.75, 3.05) is 0 Å². The lowest BCUT2D eigenvalue weighted by atomic mass is 10.4. The average Bonchev–Trinajstić information content (AvgIpc) is 1.65. The van der Waals surface area contributed by atoms with Crippen LogP contribution in [0.5, 0.6) is 0 Å². The maximum absolute atomic E-state index is 6.88. The molecule has 0 aromatic heterocycles. The van der Waals surface area contributed by atoms with Gasteiger partial charge in [0.1, 0.15) is 5.84 Å². The van der Waals surface area contributed by atoms with Crippen molar-refractivity contribution in [3.8, 4) is 0 Å². The summed E-state index contributed by atoms with van der Waals surface area (Å²) in [6.07, 6.45) is 1.44. The van der Waals surface area contributed by atoms with E-state index in [1.165, 1.54) is 6.08 Å². The lowest BCUT2D eigenvalue weighted by molar-refractivity contribution is 1.31. The van der Waals surface area contributed by atoms with Gasteiger partial charge >= 0.3 is 0 Å². The van der Waals surface area contributed by atoms with Crippen LogP contribution in [0.25, 0.3) is 0 Å². The van der Waals surface area contributed by atoms with Crippen LogP contribution in [0.3, 0.4) is 0 Å². The molecule has 3 nitrogen and oxygen atoms in total. The van der Waals surface area contributed by atoms with Gasteiger partial charge in [-0.15, -0.1) is 0 Å². The Morgan fingerprint density at radius 2 is 2.38 bits per heavy atom. The molecule has 0 saturated carbocycles. The Morgan fingerprint density at radius 3 is 2.50 bits per heavy atom. The van der Waals surface area contributed by atoms with Crippen molar-refractivity contribution in [3.63, 3.8) is 0 Å². The van der Waals surface area contributed by atoms with Crippen LogP contribution in [0.1, 0.15) is 6.92 Å². The second kappa shape index (κ2) is 2.96. The number of aliphatic imine (C=N–C) groups is 1. The first-order valence-electron chi connectivity index (χ1n) is 2.16. The number of amidine groups is 1. The van der Waals surface area contributed by atoms with Crippen LogP contribution in [-0.2, 0) is 0 Å². The van der Waals surface area contributed by atoms with Gasteiger partial charge in [0.25, 0.3) is 0 Å². The van der Waals surface area contributed by atoms with E-state index in [0.717, 1.165) is 0 Å². The van der Waals surface area contributed by atoms with E-state index < -0.39 is 0 Å². The molecule has 0 aromatic carbocycles. The smallest absolute Gasteiger partial charge is 0.145 e. The molecule has 0 heterocycles. The normalized spacial score (nSPS) is 10.9. The fraction of sp³-hybridized carbons (Fsp3) is 0.200. The van der Waals surface area contributed by atoms with Crippen LogP contribution in [-0.4, -0.2) is 12.6 Å². The summed E-state index contributed by atoms with van der Waals surface area (Å²) in [6.45, 7) is 4.83. The third-order valence-electron chi connectivity index (χ3n) is 0.535. The van der Waals surface area contributed by atoms with Gasteiger partial charge in [0.15, 0.2) is 0 Å². The zero-order valence-corrected chi connectivity index (χ0v) is 4.81. The molecule has 0 radical (unpaired) electrons. The molecule has 8 heavy (non-hydrogen) atoms. The number of nitrogens with two attached hydrogens (primary N) is 1. The molecule has 0 aliphatic rings. The SMILES string of the molecule is C=NC(=N)C=C(C)N. The van der Waals surface area contributed by atoms with Gasteiger partial charge in [0.05, 0.1) is 0 Å². The molecule has 0 bridgehead atoms. The van der Waals surface area contributed by atoms with Gasteiger partial charge in [-0.25, -0.2) is 4.99 Å². The number of rotatable bonds is 1. The predicted molar refractivity (Wildman–Crippen MR) is 35.2 cm³/mol. The molecule has 0 saturated heterocycles. The minimum Gasteiger partial charge on any atom is -0.402 e. The first kappa shape index (κ1) is 6.88. The minimum atomic E-state index is 0.102.